The monoisotopic (exact) mass is 235 g/mol. The summed E-state index contributed by atoms with van der Waals surface area (Å²) in [6, 6.07) is 6.59. The van der Waals surface area contributed by atoms with Gasteiger partial charge in [0.15, 0.2) is 11.4 Å². The van der Waals surface area contributed by atoms with Gasteiger partial charge in [0.1, 0.15) is 5.76 Å². The van der Waals surface area contributed by atoms with Crippen molar-refractivity contribution < 1.29 is 8.81 Å². The Morgan fingerprint density at radius 3 is 2.82 bits per heavy atom. The van der Waals surface area contributed by atoms with Crippen LogP contribution in [0.2, 0.25) is 0 Å². The molecule has 92 valence electrons. The summed E-state index contributed by atoms with van der Waals surface area (Å²) >= 11 is 0. The summed E-state index contributed by atoms with van der Waals surface area (Å²) in [6.07, 6.45) is 2.13. The van der Waals surface area contributed by atoms with Crippen LogP contribution in [-0.2, 0) is 0 Å². The van der Waals surface area contributed by atoms with Crippen LogP contribution in [0, 0.1) is 11.7 Å². The van der Waals surface area contributed by atoms with Crippen LogP contribution in [0.3, 0.4) is 0 Å². The molecule has 0 radical (unpaired) electrons. The number of benzene rings is 1. The van der Waals surface area contributed by atoms with E-state index in [-0.39, 0.29) is 11.9 Å². The zero-order valence-corrected chi connectivity index (χ0v) is 10.2. The Morgan fingerprint density at radius 1 is 1.41 bits per heavy atom. The van der Waals surface area contributed by atoms with E-state index < -0.39 is 0 Å². The van der Waals surface area contributed by atoms with E-state index >= 15 is 0 Å². The Bertz CT molecular complexity index is 506. The highest BCUT2D eigenvalue weighted by atomic mass is 19.1. The third kappa shape index (κ3) is 2.34. The summed E-state index contributed by atoms with van der Waals surface area (Å²) in [5.74, 6) is 0.679. The lowest BCUT2D eigenvalue weighted by Crippen LogP contribution is -2.18. The summed E-state index contributed by atoms with van der Waals surface area (Å²) in [5.41, 5.74) is 6.43. The molecule has 3 heteroatoms. The van der Waals surface area contributed by atoms with Crippen molar-refractivity contribution >= 4 is 11.0 Å². The Balaban J connectivity index is 2.33. The van der Waals surface area contributed by atoms with Crippen molar-refractivity contribution in [3.05, 3.63) is 35.8 Å². The maximum atomic E-state index is 13.5. The molecule has 0 fully saturated rings. The average molecular weight is 235 g/mol. The molecule has 2 atom stereocenters. The predicted octanol–water partition coefficient (Wildman–Crippen LogP) is 4.01. The van der Waals surface area contributed by atoms with Crippen LogP contribution in [0.25, 0.3) is 11.0 Å². The molecule has 1 aromatic heterocycles. The number of furan rings is 1. The van der Waals surface area contributed by atoms with Crippen molar-refractivity contribution in [2.45, 2.75) is 32.7 Å². The zero-order valence-electron chi connectivity index (χ0n) is 10.2. The van der Waals surface area contributed by atoms with Crippen LogP contribution < -0.4 is 5.73 Å². The lowest BCUT2D eigenvalue weighted by Gasteiger charge is -2.16. The molecule has 0 saturated carbocycles. The Morgan fingerprint density at radius 2 is 2.18 bits per heavy atom. The van der Waals surface area contributed by atoms with Gasteiger partial charge < -0.3 is 10.2 Å². The first-order valence-electron chi connectivity index (χ1n) is 6.07. The van der Waals surface area contributed by atoms with Crippen molar-refractivity contribution in [2.75, 3.05) is 0 Å². The van der Waals surface area contributed by atoms with Crippen LogP contribution >= 0.6 is 0 Å². The molecule has 0 aliphatic heterocycles. The number of fused-ring (bicyclic) bond motifs is 1. The highest BCUT2D eigenvalue weighted by Crippen LogP contribution is 2.29. The molecule has 0 aliphatic carbocycles. The molecular weight excluding hydrogens is 217 g/mol. The molecule has 0 spiro atoms. The summed E-state index contributed by atoms with van der Waals surface area (Å²) in [5, 5.41) is 0.777. The second-order valence-electron chi connectivity index (χ2n) is 4.60. The van der Waals surface area contributed by atoms with Gasteiger partial charge in [-0.05, 0) is 24.5 Å². The summed E-state index contributed by atoms with van der Waals surface area (Å²) < 4.78 is 19.0. The van der Waals surface area contributed by atoms with Gasteiger partial charge in [0.05, 0.1) is 6.04 Å². The maximum absolute atomic E-state index is 13.5. The lowest BCUT2D eigenvalue weighted by molar-refractivity contribution is 0.372. The topological polar surface area (TPSA) is 39.2 Å². The molecule has 2 nitrogen and oxygen atoms in total. The molecule has 2 N–H and O–H groups in total. The number of para-hydroxylation sites is 1. The van der Waals surface area contributed by atoms with Crippen LogP contribution in [0.4, 0.5) is 4.39 Å². The first kappa shape index (κ1) is 12.1. The van der Waals surface area contributed by atoms with Gasteiger partial charge in [-0.25, -0.2) is 4.39 Å². The van der Waals surface area contributed by atoms with Gasteiger partial charge in [0.2, 0.25) is 0 Å². The van der Waals surface area contributed by atoms with E-state index in [9.17, 15) is 4.39 Å². The molecule has 2 aromatic rings. The van der Waals surface area contributed by atoms with Crippen molar-refractivity contribution in [2.24, 2.45) is 11.7 Å². The molecule has 0 saturated heterocycles. The summed E-state index contributed by atoms with van der Waals surface area (Å²) in [6.45, 7) is 4.22. The molecule has 1 aromatic carbocycles. The van der Waals surface area contributed by atoms with E-state index in [0.29, 0.717) is 17.3 Å². The van der Waals surface area contributed by atoms with E-state index in [1.165, 1.54) is 6.07 Å². The van der Waals surface area contributed by atoms with E-state index in [1.54, 1.807) is 6.07 Å². The maximum Gasteiger partial charge on any atom is 0.169 e. The molecule has 2 rings (SSSR count). The second-order valence-corrected chi connectivity index (χ2v) is 4.60. The minimum atomic E-state index is -0.330. The fourth-order valence-electron chi connectivity index (χ4n) is 2.13. The van der Waals surface area contributed by atoms with Crippen LogP contribution in [-0.4, -0.2) is 0 Å². The summed E-state index contributed by atoms with van der Waals surface area (Å²) in [4.78, 5) is 0. The standard InChI is InChI=1S/C14H18FNO/c1-3-5-9(2)13(16)12-8-10-6-4-7-11(15)14(10)17-12/h4,6-9,13H,3,5,16H2,1-2H3. The van der Waals surface area contributed by atoms with Gasteiger partial charge in [-0.1, -0.05) is 32.4 Å². The highest BCUT2D eigenvalue weighted by Gasteiger charge is 2.19. The first-order valence-corrected chi connectivity index (χ1v) is 6.07. The van der Waals surface area contributed by atoms with Gasteiger partial charge in [-0.3, -0.25) is 0 Å². The van der Waals surface area contributed by atoms with Gasteiger partial charge in [0.25, 0.3) is 0 Å². The number of hydrogen-bond acceptors (Lipinski definition) is 2. The van der Waals surface area contributed by atoms with E-state index in [1.807, 2.05) is 12.1 Å². The molecule has 1 heterocycles. The molecule has 0 amide bonds. The SMILES string of the molecule is CCCC(C)C(N)c1cc2cccc(F)c2o1. The Kier molecular flexibility index (Phi) is 3.48. The third-order valence-electron chi connectivity index (χ3n) is 3.20. The Labute approximate surface area is 101 Å². The largest absolute Gasteiger partial charge is 0.456 e. The average Bonchev–Trinajstić information content (AvgIpc) is 2.73. The second kappa shape index (κ2) is 4.88. The molecule has 17 heavy (non-hydrogen) atoms. The van der Waals surface area contributed by atoms with Crippen molar-refractivity contribution in [3.8, 4) is 0 Å². The fourth-order valence-corrected chi connectivity index (χ4v) is 2.13. The Hall–Kier alpha value is -1.35. The molecule has 0 aliphatic rings. The van der Waals surface area contributed by atoms with Gasteiger partial charge >= 0.3 is 0 Å². The molecular formula is C14H18FNO. The minimum Gasteiger partial charge on any atom is -0.456 e. The van der Waals surface area contributed by atoms with E-state index in [4.69, 9.17) is 10.2 Å². The van der Waals surface area contributed by atoms with E-state index in [2.05, 4.69) is 13.8 Å². The van der Waals surface area contributed by atoms with Crippen molar-refractivity contribution in [1.29, 1.82) is 0 Å². The smallest absolute Gasteiger partial charge is 0.169 e. The van der Waals surface area contributed by atoms with Crippen LogP contribution in [0.5, 0.6) is 0 Å². The summed E-state index contributed by atoms with van der Waals surface area (Å²) in [7, 11) is 0. The van der Waals surface area contributed by atoms with Crippen molar-refractivity contribution in [1.82, 2.24) is 0 Å². The fraction of sp³-hybridized carbons (Fsp3) is 0.429. The highest BCUT2D eigenvalue weighted by molar-refractivity contribution is 5.78. The van der Waals surface area contributed by atoms with Gasteiger partial charge in [-0.2, -0.15) is 0 Å². The lowest BCUT2D eigenvalue weighted by atomic mass is 9.96. The molecule has 2 unspecified atom stereocenters. The number of hydrogen-bond donors (Lipinski definition) is 1. The van der Waals surface area contributed by atoms with E-state index in [0.717, 1.165) is 18.2 Å². The zero-order chi connectivity index (χ0) is 12.4. The molecule has 0 bridgehead atoms. The minimum absolute atomic E-state index is 0.165. The predicted molar refractivity (Wildman–Crippen MR) is 67.2 cm³/mol. The normalized spacial score (nSPS) is 15.1. The number of nitrogens with two attached hydrogens (primary N) is 1. The van der Waals surface area contributed by atoms with Gasteiger partial charge in [-0.15, -0.1) is 0 Å². The number of halogens is 1. The van der Waals surface area contributed by atoms with Gasteiger partial charge in [0, 0.05) is 5.39 Å². The van der Waals surface area contributed by atoms with Crippen LogP contribution in [0.1, 0.15) is 38.5 Å². The third-order valence-corrected chi connectivity index (χ3v) is 3.20. The van der Waals surface area contributed by atoms with Crippen molar-refractivity contribution in [3.63, 3.8) is 0 Å². The number of rotatable bonds is 4. The first-order chi connectivity index (χ1) is 8.13. The quantitative estimate of drug-likeness (QED) is 0.869. The van der Waals surface area contributed by atoms with Crippen LogP contribution in [0.15, 0.2) is 28.7 Å².